The quantitative estimate of drug-likeness (QED) is 0.788. The Morgan fingerprint density at radius 3 is 2.43 bits per heavy atom. The van der Waals surface area contributed by atoms with Crippen LogP contribution in [0.15, 0.2) is 24.3 Å². The molecule has 0 bridgehead atoms. The summed E-state index contributed by atoms with van der Waals surface area (Å²) < 4.78 is 14.0. The molecule has 2 rings (SSSR count). The Morgan fingerprint density at radius 1 is 1.29 bits per heavy atom. The van der Waals surface area contributed by atoms with E-state index in [0.29, 0.717) is 19.4 Å². The summed E-state index contributed by atoms with van der Waals surface area (Å²) in [4.78, 5) is 14.3. The highest BCUT2D eigenvalue weighted by Gasteiger charge is 2.42. The molecule has 1 amide bonds. The molecule has 0 aromatic heterocycles. The molecule has 0 heterocycles. The normalized spacial score (nSPS) is 17.6. The third kappa shape index (κ3) is 3.07. The summed E-state index contributed by atoms with van der Waals surface area (Å²) in [7, 11) is 0. The number of halogens is 1. The topological polar surface area (TPSA) is 44.1 Å². The monoisotopic (exact) mass is 288 g/mol. The van der Waals surface area contributed by atoms with Gasteiger partial charge in [-0.25, -0.2) is 4.39 Å². The van der Waals surface area contributed by atoms with Gasteiger partial charge >= 0.3 is 0 Å². The zero-order valence-electron chi connectivity index (χ0n) is 12.4. The fourth-order valence-corrected chi connectivity index (χ4v) is 3.06. The predicted octanol–water partition coefficient (Wildman–Crippen LogP) is 4.04. The molecule has 112 valence electrons. The fourth-order valence-electron chi connectivity index (χ4n) is 3.06. The second-order valence-electron chi connectivity index (χ2n) is 5.61. The van der Waals surface area contributed by atoms with Crippen molar-refractivity contribution in [1.29, 1.82) is 5.26 Å². The molecule has 0 N–H and O–H groups in total. The lowest BCUT2D eigenvalue weighted by atomic mass is 9.80. The van der Waals surface area contributed by atoms with E-state index in [1.54, 1.807) is 18.2 Å². The van der Waals surface area contributed by atoms with Gasteiger partial charge in [-0.3, -0.25) is 4.79 Å². The average molecular weight is 288 g/mol. The van der Waals surface area contributed by atoms with Gasteiger partial charge in [0.05, 0.1) is 11.8 Å². The largest absolute Gasteiger partial charge is 0.309 e. The first kappa shape index (κ1) is 15.5. The van der Waals surface area contributed by atoms with Crippen molar-refractivity contribution in [2.75, 3.05) is 11.4 Å². The molecule has 0 radical (unpaired) electrons. The van der Waals surface area contributed by atoms with E-state index in [1.807, 2.05) is 6.92 Å². The molecule has 1 aromatic carbocycles. The molecule has 0 unspecified atom stereocenters. The Kier molecular flexibility index (Phi) is 4.95. The summed E-state index contributed by atoms with van der Waals surface area (Å²) in [5.41, 5.74) is -0.724. The number of para-hydroxylation sites is 1. The SMILES string of the molecule is CCN(C(=O)C1(C#N)CCCCCC1)c1ccccc1F. The van der Waals surface area contributed by atoms with E-state index in [2.05, 4.69) is 6.07 Å². The van der Waals surface area contributed by atoms with Crippen molar-refractivity contribution in [2.45, 2.75) is 45.4 Å². The number of hydrogen-bond donors (Lipinski definition) is 0. The molecule has 0 spiro atoms. The zero-order chi connectivity index (χ0) is 15.3. The van der Waals surface area contributed by atoms with Gasteiger partial charge < -0.3 is 4.90 Å². The maximum absolute atomic E-state index is 14.0. The van der Waals surface area contributed by atoms with Crippen LogP contribution in [0.1, 0.15) is 45.4 Å². The Hall–Kier alpha value is -1.89. The lowest BCUT2D eigenvalue weighted by molar-refractivity contribution is -0.126. The first-order valence-electron chi connectivity index (χ1n) is 7.62. The second kappa shape index (κ2) is 6.71. The van der Waals surface area contributed by atoms with Crippen molar-refractivity contribution in [3.8, 4) is 6.07 Å². The van der Waals surface area contributed by atoms with Crippen LogP contribution in [0.4, 0.5) is 10.1 Å². The first-order valence-corrected chi connectivity index (χ1v) is 7.62. The van der Waals surface area contributed by atoms with Crippen LogP contribution >= 0.6 is 0 Å². The minimum Gasteiger partial charge on any atom is -0.309 e. The Bertz CT molecular complexity index is 542. The van der Waals surface area contributed by atoms with E-state index in [-0.39, 0.29) is 11.6 Å². The lowest BCUT2D eigenvalue weighted by Gasteiger charge is -2.31. The maximum atomic E-state index is 14.0. The van der Waals surface area contributed by atoms with E-state index >= 15 is 0 Å². The summed E-state index contributed by atoms with van der Waals surface area (Å²) in [6, 6.07) is 8.50. The molecular weight excluding hydrogens is 267 g/mol. The van der Waals surface area contributed by atoms with Crippen LogP contribution in [0, 0.1) is 22.6 Å². The van der Waals surface area contributed by atoms with Crippen LogP contribution in [-0.4, -0.2) is 12.5 Å². The van der Waals surface area contributed by atoms with Crippen molar-refractivity contribution < 1.29 is 9.18 Å². The number of hydrogen-bond acceptors (Lipinski definition) is 2. The third-order valence-corrected chi connectivity index (χ3v) is 4.29. The van der Waals surface area contributed by atoms with Gasteiger partial charge in [0.25, 0.3) is 0 Å². The third-order valence-electron chi connectivity index (χ3n) is 4.29. The van der Waals surface area contributed by atoms with E-state index < -0.39 is 11.2 Å². The van der Waals surface area contributed by atoms with Gasteiger partial charge in [0.1, 0.15) is 11.2 Å². The molecule has 1 aliphatic carbocycles. The van der Waals surface area contributed by atoms with Crippen molar-refractivity contribution in [3.05, 3.63) is 30.1 Å². The molecule has 1 aliphatic rings. The summed E-state index contributed by atoms with van der Waals surface area (Å²) in [6.07, 6.45) is 5.04. The first-order chi connectivity index (χ1) is 10.1. The van der Waals surface area contributed by atoms with E-state index in [1.165, 1.54) is 11.0 Å². The van der Waals surface area contributed by atoms with E-state index in [0.717, 1.165) is 25.7 Å². The molecule has 3 nitrogen and oxygen atoms in total. The van der Waals surface area contributed by atoms with Gasteiger partial charge in [-0.2, -0.15) is 5.26 Å². The smallest absolute Gasteiger partial charge is 0.247 e. The van der Waals surface area contributed by atoms with E-state index in [4.69, 9.17) is 0 Å². The molecule has 0 aliphatic heterocycles. The minimum atomic E-state index is -0.991. The number of carbonyl (C=O) groups is 1. The standard InChI is InChI=1S/C17H21FN2O/c1-2-20(15-10-6-5-9-14(15)18)16(21)17(13-19)11-7-3-4-8-12-17/h5-6,9-10H,2-4,7-8,11-12H2,1H3. The summed E-state index contributed by atoms with van der Waals surface area (Å²) >= 11 is 0. The zero-order valence-corrected chi connectivity index (χ0v) is 12.4. The number of anilines is 1. The molecule has 1 aromatic rings. The van der Waals surface area contributed by atoms with E-state index in [9.17, 15) is 14.4 Å². The van der Waals surface area contributed by atoms with Crippen LogP contribution in [0.5, 0.6) is 0 Å². The average Bonchev–Trinajstić information content (AvgIpc) is 2.76. The molecule has 4 heteroatoms. The Morgan fingerprint density at radius 2 is 1.90 bits per heavy atom. The predicted molar refractivity (Wildman–Crippen MR) is 80.2 cm³/mol. The van der Waals surface area contributed by atoms with Crippen LogP contribution < -0.4 is 4.90 Å². The van der Waals surface area contributed by atoms with Crippen LogP contribution in [0.2, 0.25) is 0 Å². The Labute approximate surface area is 125 Å². The van der Waals surface area contributed by atoms with Crippen molar-refractivity contribution in [1.82, 2.24) is 0 Å². The second-order valence-corrected chi connectivity index (χ2v) is 5.61. The number of carbonyl (C=O) groups excluding carboxylic acids is 1. The van der Waals surface area contributed by atoms with Gasteiger partial charge in [0.2, 0.25) is 5.91 Å². The lowest BCUT2D eigenvalue weighted by Crippen LogP contribution is -2.43. The number of amides is 1. The van der Waals surface area contributed by atoms with Crippen molar-refractivity contribution >= 4 is 11.6 Å². The minimum absolute atomic E-state index is 0.250. The van der Waals surface area contributed by atoms with Gasteiger partial charge in [-0.15, -0.1) is 0 Å². The van der Waals surface area contributed by atoms with Gasteiger partial charge in [-0.1, -0.05) is 37.8 Å². The Balaban J connectivity index is 2.35. The van der Waals surface area contributed by atoms with Crippen molar-refractivity contribution in [2.24, 2.45) is 5.41 Å². The number of rotatable bonds is 3. The molecule has 0 atom stereocenters. The fraction of sp³-hybridized carbons (Fsp3) is 0.529. The summed E-state index contributed by atoms with van der Waals surface area (Å²) in [5, 5.41) is 9.61. The van der Waals surface area contributed by atoms with Crippen LogP contribution in [-0.2, 0) is 4.79 Å². The number of nitrogens with zero attached hydrogens (tertiary/aromatic N) is 2. The van der Waals surface area contributed by atoms with Crippen LogP contribution in [0.3, 0.4) is 0 Å². The molecule has 21 heavy (non-hydrogen) atoms. The highest BCUT2D eigenvalue weighted by atomic mass is 19.1. The highest BCUT2D eigenvalue weighted by Crippen LogP contribution is 2.37. The van der Waals surface area contributed by atoms with Gasteiger partial charge in [-0.05, 0) is 31.9 Å². The highest BCUT2D eigenvalue weighted by molar-refractivity contribution is 5.99. The summed E-state index contributed by atoms with van der Waals surface area (Å²) in [6.45, 7) is 2.18. The molecule has 0 saturated heterocycles. The molecular formula is C17H21FN2O. The number of nitriles is 1. The van der Waals surface area contributed by atoms with Crippen molar-refractivity contribution in [3.63, 3.8) is 0 Å². The summed E-state index contributed by atoms with van der Waals surface area (Å²) in [5.74, 6) is -0.672. The molecule has 1 fully saturated rings. The van der Waals surface area contributed by atoms with Gasteiger partial charge in [0.15, 0.2) is 0 Å². The van der Waals surface area contributed by atoms with Gasteiger partial charge in [0, 0.05) is 6.54 Å². The number of benzene rings is 1. The molecule has 1 saturated carbocycles. The maximum Gasteiger partial charge on any atom is 0.247 e. The van der Waals surface area contributed by atoms with Crippen LogP contribution in [0.25, 0.3) is 0 Å².